The Morgan fingerprint density at radius 3 is 1.81 bits per heavy atom. The maximum Gasteiger partial charge on any atom is 0.416 e. The van der Waals surface area contributed by atoms with Crippen LogP contribution in [0.3, 0.4) is 0 Å². The van der Waals surface area contributed by atoms with Crippen molar-refractivity contribution in [3.05, 3.63) is 88.2 Å². The summed E-state index contributed by atoms with van der Waals surface area (Å²) >= 11 is 0. The summed E-state index contributed by atoms with van der Waals surface area (Å²) in [7, 11) is 0. The molecule has 162 valence electrons. The van der Waals surface area contributed by atoms with Crippen LogP contribution in [0.2, 0.25) is 0 Å². The number of halogens is 7. The van der Waals surface area contributed by atoms with Gasteiger partial charge in [0.25, 0.3) is 0 Å². The fourth-order valence-corrected chi connectivity index (χ4v) is 3.08. The van der Waals surface area contributed by atoms with Crippen LogP contribution in [-0.2, 0) is 18.8 Å². The number of hydrogen-bond donors (Lipinski definition) is 1. The SMILES string of the molecule is O=Cc1cc(Cc2ccc(F)cc2)cc(-c2cc(C(F)(F)F)cc(C(F)(F)F)c2)c1O. The molecule has 0 spiro atoms. The van der Waals surface area contributed by atoms with E-state index in [9.17, 15) is 40.6 Å². The second-order valence-electron chi connectivity index (χ2n) is 6.80. The summed E-state index contributed by atoms with van der Waals surface area (Å²) in [6.45, 7) is 0. The lowest BCUT2D eigenvalue weighted by molar-refractivity contribution is -0.143. The van der Waals surface area contributed by atoms with Crippen LogP contribution in [0, 0.1) is 5.82 Å². The minimum Gasteiger partial charge on any atom is -0.507 e. The lowest BCUT2D eigenvalue weighted by atomic mass is 9.93. The van der Waals surface area contributed by atoms with Gasteiger partial charge in [0.05, 0.1) is 16.7 Å². The number of hydrogen-bond acceptors (Lipinski definition) is 2. The molecule has 0 saturated carbocycles. The minimum atomic E-state index is -5.06. The Labute approximate surface area is 171 Å². The van der Waals surface area contributed by atoms with Crippen molar-refractivity contribution >= 4 is 6.29 Å². The third kappa shape index (κ3) is 5.04. The number of aldehydes is 1. The molecule has 0 aliphatic rings. The molecule has 1 N–H and O–H groups in total. The van der Waals surface area contributed by atoms with E-state index in [1.54, 1.807) is 0 Å². The summed E-state index contributed by atoms with van der Waals surface area (Å²) in [5.41, 5.74) is -3.41. The predicted octanol–water partition coefficient (Wildman–Crippen LogP) is 6.64. The van der Waals surface area contributed by atoms with Crippen LogP contribution in [0.1, 0.15) is 32.6 Å². The average Bonchev–Trinajstić information content (AvgIpc) is 2.69. The van der Waals surface area contributed by atoms with Crippen molar-refractivity contribution in [2.24, 2.45) is 0 Å². The van der Waals surface area contributed by atoms with Crippen molar-refractivity contribution in [2.75, 3.05) is 0 Å². The van der Waals surface area contributed by atoms with Crippen molar-refractivity contribution in [3.8, 4) is 16.9 Å². The zero-order chi connectivity index (χ0) is 23.0. The first-order valence-electron chi connectivity index (χ1n) is 8.74. The van der Waals surface area contributed by atoms with E-state index in [-0.39, 0.29) is 29.9 Å². The molecule has 0 atom stereocenters. The summed E-state index contributed by atoms with van der Waals surface area (Å²) < 4.78 is 92.2. The van der Waals surface area contributed by atoms with E-state index in [1.165, 1.54) is 36.4 Å². The molecule has 0 saturated heterocycles. The molecule has 9 heteroatoms. The Morgan fingerprint density at radius 2 is 1.32 bits per heavy atom. The van der Waals surface area contributed by atoms with E-state index in [0.29, 0.717) is 23.3 Å². The molecule has 3 aromatic rings. The van der Waals surface area contributed by atoms with Crippen LogP contribution < -0.4 is 0 Å². The fraction of sp³-hybridized carbons (Fsp3) is 0.136. The molecule has 0 amide bonds. The zero-order valence-electron chi connectivity index (χ0n) is 15.5. The molecular weight excluding hydrogens is 429 g/mol. The minimum absolute atomic E-state index is 0.0243. The molecule has 0 unspecified atom stereocenters. The quantitative estimate of drug-likeness (QED) is 0.363. The molecule has 0 fully saturated rings. The summed E-state index contributed by atoms with van der Waals surface area (Å²) in [5.74, 6) is -1.24. The first kappa shape index (κ1) is 22.3. The Morgan fingerprint density at radius 1 is 0.774 bits per heavy atom. The Kier molecular flexibility index (Phi) is 5.80. The smallest absolute Gasteiger partial charge is 0.416 e. The monoisotopic (exact) mass is 442 g/mol. The highest BCUT2D eigenvalue weighted by molar-refractivity contribution is 5.86. The first-order chi connectivity index (χ1) is 14.4. The fourth-order valence-electron chi connectivity index (χ4n) is 3.08. The first-order valence-corrected chi connectivity index (χ1v) is 8.74. The molecule has 3 aromatic carbocycles. The van der Waals surface area contributed by atoms with Gasteiger partial charge in [0, 0.05) is 5.56 Å². The predicted molar refractivity (Wildman–Crippen MR) is 98.1 cm³/mol. The van der Waals surface area contributed by atoms with Crippen LogP contribution in [0.4, 0.5) is 30.7 Å². The summed E-state index contributed by atoms with van der Waals surface area (Å²) in [4.78, 5) is 11.3. The molecule has 0 radical (unpaired) electrons. The number of rotatable bonds is 4. The number of phenols is 1. The van der Waals surface area contributed by atoms with Gasteiger partial charge >= 0.3 is 12.4 Å². The molecular formula is C22H13F7O2. The number of alkyl halides is 6. The molecule has 0 aliphatic heterocycles. The lowest BCUT2D eigenvalue weighted by Gasteiger charge is -2.16. The molecule has 0 aliphatic carbocycles. The van der Waals surface area contributed by atoms with Gasteiger partial charge in [0.15, 0.2) is 6.29 Å². The second-order valence-corrected chi connectivity index (χ2v) is 6.80. The Bertz CT molecular complexity index is 1080. The van der Waals surface area contributed by atoms with Gasteiger partial charge in [0.2, 0.25) is 0 Å². The van der Waals surface area contributed by atoms with E-state index in [2.05, 4.69) is 0 Å². The van der Waals surface area contributed by atoms with E-state index in [4.69, 9.17) is 0 Å². The highest BCUT2D eigenvalue weighted by atomic mass is 19.4. The van der Waals surface area contributed by atoms with Gasteiger partial charge in [0.1, 0.15) is 11.6 Å². The summed E-state index contributed by atoms with van der Waals surface area (Å²) in [6, 6.07) is 8.61. The van der Waals surface area contributed by atoms with Gasteiger partial charge in [-0.2, -0.15) is 26.3 Å². The van der Waals surface area contributed by atoms with E-state index >= 15 is 0 Å². The van der Waals surface area contributed by atoms with Crippen LogP contribution in [0.5, 0.6) is 5.75 Å². The molecule has 2 nitrogen and oxygen atoms in total. The van der Waals surface area contributed by atoms with Gasteiger partial charge in [-0.05, 0) is 65.6 Å². The van der Waals surface area contributed by atoms with Gasteiger partial charge in [-0.15, -0.1) is 0 Å². The maximum absolute atomic E-state index is 13.2. The third-order valence-corrected chi connectivity index (χ3v) is 4.55. The van der Waals surface area contributed by atoms with Crippen molar-refractivity contribution in [3.63, 3.8) is 0 Å². The van der Waals surface area contributed by atoms with Crippen molar-refractivity contribution in [1.82, 2.24) is 0 Å². The Balaban J connectivity index is 2.19. The normalized spacial score (nSPS) is 12.1. The number of aromatic hydroxyl groups is 1. The molecule has 0 heterocycles. The van der Waals surface area contributed by atoms with Crippen molar-refractivity contribution in [2.45, 2.75) is 18.8 Å². The van der Waals surface area contributed by atoms with Crippen molar-refractivity contribution < 1.29 is 40.6 Å². The lowest BCUT2D eigenvalue weighted by Crippen LogP contribution is -2.11. The average molecular weight is 442 g/mol. The number of phenolic OH excluding ortho intramolecular Hbond substituents is 1. The third-order valence-electron chi connectivity index (χ3n) is 4.55. The molecule has 3 rings (SSSR count). The largest absolute Gasteiger partial charge is 0.507 e. The maximum atomic E-state index is 13.2. The summed E-state index contributed by atoms with van der Waals surface area (Å²) in [6.07, 6.45) is -9.79. The number of carbonyl (C=O) groups excluding carboxylic acids is 1. The van der Waals surface area contributed by atoms with Crippen LogP contribution in [-0.4, -0.2) is 11.4 Å². The topological polar surface area (TPSA) is 37.3 Å². The second kappa shape index (κ2) is 8.05. The van der Waals surface area contributed by atoms with Gasteiger partial charge in [-0.1, -0.05) is 12.1 Å². The van der Waals surface area contributed by atoms with Crippen LogP contribution in [0.15, 0.2) is 54.6 Å². The zero-order valence-corrected chi connectivity index (χ0v) is 15.5. The molecule has 0 bridgehead atoms. The number of carbonyl (C=O) groups is 1. The van der Waals surface area contributed by atoms with E-state index in [1.807, 2.05) is 0 Å². The summed E-state index contributed by atoms with van der Waals surface area (Å²) in [5, 5.41) is 10.3. The number of benzene rings is 3. The molecule has 0 aromatic heterocycles. The van der Waals surface area contributed by atoms with Crippen LogP contribution >= 0.6 is 0 Å². The van der Waals surface area contributed by atoms with Crippen molar-refractivity contribution in [1.29, 1.82) is 0 Å². The van der Waals surface area contributed by atoms with Gasteiger partial charge in [-0.25, -0.2) is 4.39 Å². The highest BCUT2D eigenvalue weighted by Crippen LogP contribution is 2.41. The Hall–Kier alpha value is -3.36. The van der Waals surface area contributed by atoms with Gasteiger partial charge in [-0.3, -0.25) is 4.79 Å². The highest BCUT2D eigenvalue weighted by Gasteiger charge is 2.37. The van der Waals surface area contributed by atoms with Crippen LogP contribution in [0.25, 0.3) is 11.1 Å². The van der Waals surface area contributed by atoms with E-state index in [0.717, 1.165) is 0 Å². The standard InChI is InChI=1S/C22H13F7O2/c23-18-3-1-12(2-4-18)5-13-6-15(11-30)20(31)19(7-13)14-8-16(21(24,25)26)10-17(9-14)22(27,28)29/h1-4,6-11,31H,5H2. The van der Waals surface area contributed by atoms with E-state index < -0.39 is 40.6 Å². The molecule has 31 heavy (non-hydrogen) atoms. The van der Waals surface area contributed by atoms with Gasteiger partial charge < -0.3 is 5.11 Å².